The first-order chi connectivity index (χ1) is 7.40. The average Bonchev–Trinajstić information content (AvgIpc) is 2.89. The highest BCUT2D eigenvalue weighted by Crippen LogP contribution is 2.24. The zero-order valence-corrected chi connectivity index (χ0v) is 8.80. The van der Waals surface area contributed by atoms with Crippen molar-refractivity contribution in [1.82, 2.24) is 15.0 Å². The van der Waals surface area contributed by atoms with E-state index in [9.17, 15) is 0 Å². The van der Waals surface area contributed by atoms with Gasteiger partial charge in [-0.2, -0.15) is 4.98 Å². The highest BCUT2D eigenvalue weighted by Gasteiger charge is 2.23. The van der Waals surface area contributed by atoms with Gasteiger partial charge in [0.15, 0.2) is 6.33 Å². The van der Waals surface area contributed by atoms with Gasteiger partial charge in [0.25, 0.3) is 0 Å². The van der Waals surface area contributed by atoms with Crippen LogP contribution in [0.1, 0.15) is 31.6 Å². The standard InChI is InChI=1S/C10H17N3O2/c14-6-5-13(9-3-1-2-4-9)7-10-11-8-12-15-10/h8-9,14H,1-7H2. The molecule has 0 radical (unpaired) electrons. The third kappa shape index (κ3) is 2.76. The topological polar surface area (TPSA) is 62.4 Å². The quantitative estimate of drug-likeness (QED) is 0.780. The molecule has 1 aromatic rings. The summed E-state index contributed by atoms with van der Waals surface area (Å²) in [6.45, 7) is 1.53. The number of nitrogens with zero attached hydrogens (tertiary/aromatic N) is 3. The lowest BCUT2D eigenvalue weighted by molar-refractivity contribution is 0.130. The third-order valence-electron chi connectivity index (χ3n) is 2.97. The lowest BCUT2D eigenvalue weighted by Gasteiger charge is -2.26. The molecule has 0 atom stereocenters. The van der Waals surface area contributed by atoms with Crippen LogP contribution < -0.4 is 0 Å². The van der Waals surface area contributed by atoms with Crippen molar-refractivity contribution >= 4 is 0 Å². The van der Waals surface area contributed by atoms with Gasteiger partial charge in [-0.05, 0) is 12.8 Å². The summed E-state index contributed by atoms with van der Waals surface area (Å²) in [7, 11) is 0. The summed E-state index contributed by atoms with van der Waals surface area (Å²) in [5.74, 6) is 0.635. The SMILES string of the molecule is OCCN(Cc1ncno1)C1CCCC1. The normalized spacial score (nSPS) is 17.7. The Morgan fingerprint density at radius 3 is 2.87 bits per heavy atom. The maximum Gasteiger partial charge on any atom is 0.240 e. The molecule has 1 heterocycles. The second-order valence-corrected chi connectivity index (χ2v) is 3.97. The van der Waals surface area contributed by atoms with E-state index < -0.39 is 0 Å². The van der Waals surface area contributed by atoms with Crippen LogP contribution in [0, 0.1) is 0 Å². The largest absolute Gasteiger partial charge is 0.395 e. The fourth-order valence-electron chi connectivity index (χ4n) is 2.23. The van der Waals surface area contributed by atoms with E-state index in [1.165, 1.54) is 32.0 Å². The predicted octanol–water partition coefficient (Wildman–Crippen LogP) is 0.806. The molecule has 1 aliphatic carbocycles. The van der Waals surface area contributed by atoms with Crippen molar-refractivity contribution < 1.29 is 9.63 Å². The van der Waals surface area contributed by atoms with Crippen molar-refractivity contribution in [3.8, 4) is 0 Å². The fraction of sp³-hybridized carbons (Fsp3) is 0.800. The van der Waals surface area contributed by atoms with Crippen LogP contribution in [0.3, 0.4) is 0 Å². The van der Waals surface area contributed by atoms with Crippen molar-refractivity contribution in [3.63, 3.8) is 0 Å². The summed E-state index contributed by atoms with van der Waals surface area (Å²) in [5, 5.41) is 12.6. The molecule has 1 saturated carbocycles. The minimum absolute atomic E-state index is 0.185. The predicted molar refractivity (Wildman–Crippen MR) is 54.0 cm³/mol. The van der Waals surface area contributed by atoms with Gasteiger partial charge < -0.3 is 9.63 Å². The molecular weight excluding hydrogens is 194 g/mol. The Bertz CT molecular complexity index is 270. The van der Waals surface area contributed by atoms with Crippen molar-refractivity contribution in [2.45, 2.75) is 38.3 Å². The van der Waals surface area contributed by atoms with Crippen LogP contribution in [0.2, 0.25) is 0 Å². The zero-order valence-electron chi connectivity index (χ0n) is 8.80. The van der Waals surface area contributed by atoms with Crippen molar-refractivity contribution in [1.29, 1.82) is 0 Å². The van der Waals surface area contributed by atoms with E-state index in [0.29, 0.717) is 25.0 Å². The number of aliphatic hydroxyl groups excluding tert-OH is 1. The van der Waals surface area contributed by atoms with Crippen molar-refractivity contribution in [2.75, 3.05) is 13.2 Å². The second kappa shape index (κ2) is 5.23. The molecule has 1 aliphatic rings. The summed E-state index contributed by atoms with van der Waals surface area (Å²) >= 11 is 0. The Kier molecular flexibility index (Phi) is 3.69. The van der Waals surface area contributed by atoms with Crippen LogP contribution in [0.25, 0.3) is 0 Å². The van der Waals surface area contributed by atoms with Gasteiger partial charge >= 0.3 is 0 Å². The average molecular weight is 211 g/mol. The van der Waals surface area contributed by atoms with Crippen LogP contribution in [0.15, 0.2) is 10.9 Å². The minimum atomic E-state index is 0.185. The monoisotopic (exact) mass is 211 g/mol. The van der Waals surface area contributed by atoms with E-state index >= 15 is 0 Å². The Morgan fingerprint density at radius 2 is 2.27 bits per heavy atom. The van der Waals surface area contributed by atoms with Gasteiger partial charge in [-0.15, -0.1) is 0 Å². The summed E-state index contributed by atoms with van der Waals surface area (Å²) in [6, 6.07) is 0.573. The Hall–Kier alpha value is -0.940. The van der Waals surface area contributed by atoms with E-state index in [-0.39, 0.29) is 6.61 Å². The van der Waals surface area contributed by atoms with Crippen molar-refractivity contribution in [2.24, 2.45) is 0 Å². The lowest BCUT2D eigenvalue weighted by atomic mass is 10.2. The number of hydrogen-bond acceptors (Lipinski definition) is 5. The highest BCUT2D eigenvalue weighted by atomic mass is 16.5. The zero-order chi connectivity index (χ0) is 10.5. The molecule has 0 spiro atoms. The minimum Gasteiger partial charge on any atom is -0.395 e. The number of hydrogen-bond donors (Lipinski definition) is 1. The maximum atomic E-state index is 9.02. The molecule has 1 N–H and O–H groups in total. The molecule has 1 fully saturated rings. The molecule has 0 aliphatic heterocycles. The molecule has 0 bridgehead atoms. The Labute approximate surface area is 89.1 Å². The second-order valence-electron chi connectivity index (χ2n) is 3.97. The first kappa shape index (κ1) is 10.6. The van der Waals surface area contributed by atoms with Gasteiger partial charge in [0, 0.05) is 12.6 Å². The van der Waals surface area contributed by atoms with Crippen LogP contribution in [-0.4, -0.2) is 39.3 Å². The number of aromatic nitrogens is 2. The van der Waals surface area contributed by atoms with Crippen molar-refractivity contribution in [3.05, 3.63) is 12.2 Å². The highest BCUT2D eigenvalue weighted by molar-refractivity contribution is 4.82. The van der Waals surface area contributed by atoms with Crippen LogP contribution in [0.5, 0.6) is 0 Å². The van der Waals surface area contributed by atoms with Gasteiger partial charge in [-0.25, -0.2) is 0 Å². The summed E-state index contributed by atoms with van der Waals surface area (Å²) in [4.78, 5) is 6.25. The smallest absolute Gasteiger partial charge is 0.240 e. The molecule has 5 heteroatoms. The molecule has 0 unspecified atom stereocenters. The molecular formula is C10H17N3O2. The summed E-state index contributed by atoms with van der Waals surface area (Å²) < 4.78 is 4.99. The first-order valence-corrected chi connectivity index (χ1v) is 5.50. The van der Waals surface area contributed by atoms with Crippen LogP contribution >= 0.6 is 0 Å². The van der Waals surface area contributed by atoms with Crippen LogP contribution in [-0.2, 0) is 6.54 Å². The van der Waals surface area contributed by atoms with E-state index in [1.54, 1.807) is 0 Å². The van der Waals surface area contributed by atoms with Gasteiger partial charge in [-0.3, -0.25) is 4.90 Å². The van der Waals surface area contributed by atoms with E-state index in [1.807, 2.05) is 0 Å². The summed E-state index contributed by atoms with van der Waals surface area (Å²) in [6.07, 6.45) is 6.43. The Balaban J connectivity index is 1.93. The molecule has 0 aromatic carbocycles. The lowest BCUT2D eigenvalue weighted by Crippen LogP contribution is -2.35. The van der Waals surface area contributed by atoms with E-state index in [0.717, 1.165) is 0 Å². The first-order valence-electron chi connectivity index (χ1n) is 5.50. The fourth-order valence-corrected chi connectivity index (χ4v) is 2.23. The molecule has 15 heavy (non-hydrogen) atoms. The maximum absolute atomic E-state index is 9.02. The third-order valence-corrected chi connectivity index (χ3v) is 2.97. The molecule has 0 amide bonds. The van der Waals surface area contributed by atoms with Gasteiger partial charge in [-0.1, -0.05) is 18.0 Å². The number of aliphatic hydroxyl groups is 1. The molecule has 84 valence electrons. The Morgan fingerprint density at radius 1 is 1.47 bits per heavy atom. The molecule has 1 aromatic heterocycles. The molecule has 0 saturated heterocycles. The van der Waals surface area contributed by atoms with Crippen LogP contribution in [0.4, 0.5) is 0 Å². The van der Waals surface area contributed by atoms with Gasteiger partial charge in [0.1, 0.15) is 0 Å². The molecule has 5 nitrogen and oxygen atoms in total. The summed E-state index contributed by atoms with van der Waals surface area (Å²) in [5.41, 5.74) is 0. The van der Waals surface area contributed by atoms with Gasteiger partial charge in [0.2, 0.25) is 5.89 Å². The molecule has 2 rings (SSSR count). The number of rotatable bonds is 5. The van der Waals surface area contributed by atoms with Gasteiger partial charge in [0.05, 0.1) is 13.2 Å². The van der Waals surface area contributed by atoms with E-state index in [2.05, 4.69) is 15.0 Å². The van der Waals surface area contributed by atoms with E-state index in [4.69, 9.17) is 9.63 Å².